The van der Waals surface area contributed by atoms with Crippen LogP contribution in [-0.2, 0) is 0 Å². The van der Waals surface area contributed by atoms with Gasteiger partial charge in [-0.25, -0.2) is 4.39 Å². The van der Waals surface area contributed by atoms with Gasteiger partial charge >= 0.3 is 0 Å². The Hall–Kier alpha value is -2.14. The van der Waals surface area contributed by atoms with E-state index in [1.165, 1.54) is 18.2 Å². The number of nitrogens with one attached hydrogen (secondary N) is 1. The predicted octanol–water partition coefficient (Wildman–Crippen LogP) is 4.56. The van der Waals surface area contributed by atoms with Crippen molar-refractivity contribution in [2.75, 3.05) is 5.32 Å². The van der Waals surface area contributed by atoms with Crippen molar-refractivity contribution in [3.05, 3.63) is 69.0 Å². The minimum Gasteiger partial charge on any atom is -0.373 e. The minimum atomic E-state index is -0.526. The molecular formula is C14H12ClFN2O2. The van der Waals surface area contributed by atoms with Gasteiger partial charge in [-0.1, -0.05) is 29.8 Å². The molecule has 104 valence electrons. The molecule has 0 radical (unpaired) electrons. The first-order valence-electron chi connectivity index (χ1n) is 5.94. The zero-order chi connectivity index (χ0) is 14.7. The van der Waals surface area contributed by atoms with Gasteiger partial charge < -0.3 is 5.32 Å². The third-order valence-electron chi connectivity index (χ3n) is 2.90. The molecule has 2 rings (SSSR count). The first-order valence-corrected chi connectivity index (χ1v) is 6.31. The summed E-state index contributed by atoms with van der Waals surface area (Å²) >= 11 is 5.75. The van der Waals surface area contributed by atoms with Crippen molar-refractivity contribution >= 4 is 23.0 Å². The first-order chi connectivity index (χ1) is 9.49. The van der Waals surface area contributed by atoms with Crippen molar-refractivity contribution in [3.8, 4) is 0 Å². The molecule has 0 saturated heterocycles. The maximum atomic E-state index is 13.7. The molecule has 0 aliphatic carbocycles. The Bertz CT molecular complexity index is 649. The standard InChI is InChI=1S/C14H12ClFN2O2/c1-9(11-4-2-3-5-12(11)16)17-13-7-6-10(15)8-14(13)18(19)20/h2-9,17H,1H3. The molecule has 0 saturated carbocycles. The number of hydrogen-bond acceptors (Lipinski definition) is 3. The Labute approximate surface area is 120 Å². The van der Waals surface area contributed by atoms with Gasteiger partial charge in [0.1, 0.15) is 11.5 Å². The van der Waals surface area contributed by atoms with Crippen LogP contribution in [0.2, 0.25) is 5.02 Å². The smallest absolute Gasteiger partial charge is 0.293 e. The number of nitro groups is 1. The third kappa shape index (κ3) is 3.05. The SMILES string of the molecule is CC(Nc1ccc(Cl)cc1[N+](=O)[O-])c1ccccc1F. The summed E-state index contributed by atoms with van der Waals surface area (Å²) in [5, 5.41) is 14.2. The van der Waals surface area contributed by atoms with Crippen molar-refractivity contribution in [2.45, 2.75) is 13.0 Å². The van der Waals surface area contributed by atoms with Crippen molar-refractivity contribution in [1.82, 2.24) is 0 Å². The lowest BCUT2D eigenvalue weighted by atomic mass is 10.1. The van der Waals surface area contributed by atoms with Gasteiger partial charge in [0.05, 0.1) is 11.0 Å². The van der Waals surface area contributed by atoms with Crippen molar-refractivity contribution in [1.29, 1.82) is 0 Å². The Morgan fingerprint density at radius 1 is 1.30 bits per heavy atom. The van der Waals surface area contributed by atoms with E-state index in [1.54, 1.807) is 31.2 Å². The molecule has 1 atom stereocenters. The molecule has 0 fully saturated rings. The fourth-order valence-electron chi connectivity index (χ4n) is 1.92. The Balaban J connectivity index is 2.31. The molecule has 1 unspecified atom stereocenters. The Morgan fingerprint density at radius 3 is 2.65 bits per heavy atom. The summed E-state index contributed by atoms with van der Waals surface area (Å²) in [5.74, 6) is -0.357. The highest BCUT2D eigenvalue weighted by molar-refractivity contribution is 6.30. The maximum absolute atomic E-state index is 13.7. The zero-order valence-electron chi connectivity index (χ0n) is 10.6. The van der Waals surface area contributed by atoms with Crippen LogP contribution >= 0.6 is 11.6 Å². The summed E-state index contributed by atoms with van der Waals surface area (Å²) in [4.78, 5) is 10.5. The van der Waals surface area contributed by atoms with Crippen LogP contribution < -0.4 is 5.32 Å². The van der Waals surface area contributed by atoms with Crippen LogP contribution in [0.25, 0.3) is 0 Å². The number of rotatable bonds is 4. The molecule has 0 aliphatic rings. The van der Waals surface area contributed by atoms with Crippen LogP contribution in [0.5, 0.6) is 0 Å². The number of hydrogen-bond donors (Lipinski definition) is 1. The summed E-state index contributed by atoms with van der Waals surface area (Å²) < 4.78 is 13.7. The molecule has 0 aliphatic heterocycles. The number of anilines is 1. The van der Waals surface area contributed by atoms with Crippen LogP contribution in [0.4, 0.5) is 15.8 Å². The van der Waals surface area contributed by atoms with Crippen LogP contribution in [0, 0.1) is 15.9 Å². The van der Waals surface area contributed by atoms with Gasteiger partial charge in [-0.3, -0.25) is 10.1 Å². The number of nitro benzene ring substituents is 1. The Morgan fingerprint density at radius 2 is 2.00 bits per heavy atom. The van der Waals surface area contributed by atoms with E-state index in [-0.39, 0.29) is 16.5 Å². The van der Waals surface area contributed by atoms with Gasteiger partial charge in [0.25, 0.3) is 5.69 Å². The maximum Gasteiger partial charge on any atom is 0.293 e. The van der Waals surface area contributed by atoms with Gasteiger partial charge in [-0.2, -0.15) is 0 Å². The monoisotopic (exact) mass is 294 g/mol. The lowest BCUT2D eigenvalue weighted by molar-refractivity contribution is -0.384. The van der Waals surface area contributed by atoms with Crippen molar-refractivity contribution < 1.29 is 9.31 Å². The fourth-order valence-corrected chi connectivity index (χ4v) is 2.08. The number of nitrogens with zero attached hydrogens (tertiary/aromatic N) is 1. The minimum absolute atomic E-state index is 0.138. The van der Waals surface area contributed by atoms with E-state index < -0.39 is 11.0 Å². The molecule has 1 N–H and O–H groups in total. The largest absolute Gasteiger partial charge is 0.373 e. The summed E-state index contributed by atoms with van der Waals surface area (Å²) in [6.45, 7) is 1.73. The second-order valence-corrected chi connectivity index (χ2v) is 4.74. The molecule has 4 nitrogen and oxygen atoms in total. The van der Waals surface area contributed by atoms with E-state index in [0.29, 0.717) is 11.3 Å². The molecule has 2 aromatic carbocycles. The van der Waals surface area contributed by atoms with E-state index in [2.05, 4.69) is 5.32 Å². The van der Waals surface area contributed by atoms with E-state index in [9.17, 15) is 14.5 Å². The molecule has 0 spiro atoms. The lowest BCUT2D eigenvalue weighted by Gasteiger charge is -2.16. The first kappa shape index (κ1) is 14.3. The van der Waals surface area contributed by atoms with Gasteiger partial charge in [0, 0.05) is 16.7 Å². The van der Waals surface area contributed by atoms with E-state index in [1.807, 2.05) is 0 Å². The number of benzene rings is 2. The van der Waals surface area contributed by atoms with Gasteiger partial charge in [0.2, 0.25) is 0 Å². The summed E-state index contributed by atoms with van der Waals surface area (Å²) in [7, 11) is 0. The van der Waals surface area contributed by atoms with Gasteiger partial charge in [-0.05, 0) is 25.1 Å². The average molecular weight is 295 g/mol. The summed E-state index contributed by atoms with van der Waals surface area (Å²) in [6, 6.07) is 10.2. The highest BCUT2D eigenvalue weighted by atomic mass is 35.5. The molecule has 6 heteroatoms. The number of halogens is 2. The van der Waals surface area contributed by atoms with E-state index in [4.69, 9.17) is 11.6 Å². The second kappa shape index (κ2) is 5.88. The quantitative estimate of drug-likeness (QED) is 0.664. The van der Waals surface area contributed by atoms with E-state index in [0.717, 1.165) is 0 Å². The molecule has 0 bridgehead atoms. The van der Waals surface area contributed by atoms with Crippen molar-refractivity contribution in [3.63, 3.8) is 0 Å². The van der Waals surface area contributed by atoms with Crippen LogP contribution in [0.15, 0.2) is 42.5 Å². The van der Waals surface area contributed by atoms with Gasteiger partial charge in [-0.15, -0.1) is 0 Å². The van der Waals surface area contributed by atoms with Crippen LogP contribution in [0.3, 0.4) is 0 Å². The molecule has 20 heavy (non-hydrogen) atoms. The van der Waals surface area contributed by atoms with Crippen LogP contribution in [0.1, 0.15) is 18.5 Å². The summed E-state index contributed by atoms with van der Waals surface area (Å²) in [5.41, 5.74) is 0.604. The fraction of sp³-hybridized carbons (Fsp3) is 0.143. The van der Waals surface area contributed by atoms with Gasteiger partial charge in [0.15, 0.2) is 0 Å². The van der Waals surface area contributed by atoms with Crippen molar-refractivity contribution in [2.24, 2.45) is 0 Å². The topological polar surface area (TPSA) is 55.2 Å². The highest BCUT2D eigenvalue weighted by Gasteiger charge is 2.17. The zero-order valence-corrected chi connectivity index (χ0v) is 11.4. The molecule has 0 amide bonds. The second-order valence-electron chi connectivity index (χ2n) is 4.31. The third-order valence-corrected chi connectivity index (χ3v) is 3.14. The highest BCUT2D eigenvalue weighted by Crippen LogP contribution is 2.31. The molecule has 0 aromatic heterocycles. The van der Waals surface area contributed by atoms with Crippen LogP contribution in [-0.4, -0.2) is 4.92 Å². The van der Waals surface area contributed by atoms with E-state index >= 15 is 0 Å². The summed E-state index contributed by atoms with van der Waals surface area (Å²) in [6.07, 6.45) is 0. The lowest BCUT2D eigenvalue weighted by Crippen LogP contribution is -2.10. The molecular weight excluding hydrogens is 283 g/mol. The average Bonchev–Trinajstić information content (AvgIpc) is 2.41. The predicted molar refractivity (Wildman–Crippen MR) is 76.5 cm³/mol. The Kier molecular flexibility index (Phi) is 4.20. The normalized spacial score (nSPS) is 11.9. The molecule has 2 aromatic rings. The molecule has 0 heterocycles.